The number of fused-ring (bicyclic) bond motifs is 1. The second kappa shape index (κ2) is 7.30. The lowest BCUT2D eigenvalue weighted by Gasteiger charge is -2.25. The van der Waals surface area contributed by atoms with E-state index in [1.54, 1.807) is 23.7 Å². The molecule has 5 rings (SSSR count). The van der Waals surface area contributed by atoms with Crippen molar-refractivity contribution in [2.75, 3.05) is 12.8 Å². The molecule has 1 unspecified atom stereocenters. The maximum absolute atomic E-state index is 11.8. The number of primary sulfonamides is 1. The number of nitrogens with zero attached hydrogens (tertiary/aromatic N) is 7. The first kappa shape index (κ1) is 20.9. The molecule has 168 valence electrons. The highest BCUT2D eigenvalue weighted by atomic mass is 32.2. The molecule has 12 nitrogen and oxygen atoms in total. The Morgan fingerprint density at radius 1 is 1.18 bits per heavy atom. The van der Waals surface area contributed by atoms with E-state index in [1.807, 2.05) is 31.3 Å². The number of nitrogens with two attached hydrogens (primary N) is 2. The number of furan rings is 1. The minimum Gasteiger partial charge on any atom is -0.463 e. The number of quaternary nitrogens is 1. The van der Waals surface area contributed by atoms with Gasteiger partial charge in [0.25, 0.3) is 10.0 Å². The van der Waals surface area contributed by atoms with Crippen LogP contribution in [0.5, 0.6) is 0 Å². The highest BCUT2D eigenvalue weighted by Crippen LogP contribution is 2.31. The van der Waals surface area contributed by atoms with Gasteiger partial charge in [0.2, 0.25) is 16.8 Å². The molecule has 0 aliphatic carbocycles. The first-order valence-corrected chi connectivity index (χ1v) is 11.4. The Morgan fingerprint density at radius 3 is 2.70 bits per heavy atom. The molecule has 0 saturated heterocycles. The van der Waals surface area contributed by atoms with E-state index in [2.05, 4.69) is 25.3 Å². The number of benzene rings is 1. The Labute approximate surface area is 188 Å². The van der Waals surface area contributed by atoms with Crippen LogP contribution in [0.4, 0.5) is 11.6 Å². The van der Waals surface area contributed by atoms with E-state index in [0.717, 1.165) is 11.3 Å². The maximum atomic E-state index is 11.8. The Bertz CT molecular complexity index is 1550. The van der Waals surface area contributed by atoms with Gasteiger partial charge in [-0.1, -0.05) is 17.3 Å². The maximum Gasteiger partial charge on any atom is 0.261 e. The van der Waals surface area contributed by atoms with Crippen molar-refractivity contribution >= 4 is 38.7 Å². The van der Waals surface area contributed by atoms with E-state index in [-0.39, 0.29) is 15.5 Å². The molecule has 4 N–H and O–H groups in total. The summed E-state index contributed by atoms with van der Waals surface area (Å²) in [5, 5.41) is 13.6. The van der Waals surface area contributed by atoms with Gasteiger partial charge >= 0.3 is 0 Å². The Hall–Kier alpha value is -3.94. The minimum atomic E-state index is -3.91. The average molecular weight is 467 g/mol. The molecule has 33 heavy (non-hydrogen) atoms. The zero-order valence-corrected chi connectivity index (χ0v) is 18.6. The molecule has 4 heterocycles. The van der Waals surface area contributed by atoms with E-state index in [0.29, 0.717) is 35.0 Å². The van der Waals surface area contributed by atoms with E-state index < -0.39 is 10.0 Å². The van der Waals surface area contributed by atoms with Crippen LogP contribution in [0.1, 0.15) is 12.5 Å². The van der Waals surface area contributed by atoms with E-state index in [4.69, 9.17) is 15.3 Å². The topological polar surface area (TPSA) is 168 Å². The summed E-state index contributed by atoms with van der Waals surface area (Å²) in [7, 11) is -2.08. The van der Waals surface area contributed by atoms with Crippen molar-refractivity contribution in [3.63, 3.8) is 0 Å². The number of hydrogen-bond acceptors (Lipinski definition) is 9. The molecule has 0 fully saturated rings. The van der Waals surface area contributed by atoms with E-state index >= 15 is 0 Å². The lowest BCUT2D eigenvalue weighted by Crippen LogP contribution is -2.41. The quantitative estimate of drug-likeness (QED) is 0.418. The van der Waals surface area contributed by atoms with Crippen LogP contribution in [-0.4, -0.2) is 46.3 Å². The normalized spacial score (nSPS) is 18.5. The predicted molar refractivity (Wildman–Crippen MR) is 123 cm³/mol. The Morgan fingerprint density at radius 2 is 2.00 bits per heavy atom. The molecule has 0 saturated carbocycles. The van der Waals surface area contributed by atoms with Crippen LogP contribution in [-0.2, 0) is 16.6 Å². The van der Waals surface area contributed by atoms with Crippen LogP contribution in [0.25, 0.3) is 22.6 Å². The van der Waals surface area contributed by atoms with Crippen molar-refractivity contribution in [1.82, 2.24) is 29.4 Å². The predicted octanol–water partition coefficient (Wildman–Crippen LogP) is 1.57. The summed E-state index contributed by atoms with van der Waals surface area (Å²) in [6.45, 7) is 2.10. The zero-order chi connectivity index (χ0) is 23.4. The second-order valence-electron chi connectivity index (χ2n) is 7.74. The fraction of sp³-hybridized carbons (Fsp3) is 0.150. The van der Waals surface area contributed by atoms with Crippen molar-refractivity contribution < 1.29 is 12.8 Å². The third-order valence-electron chi connectivity index (χ3n) is 5.52. The minimum absolute atomic E-state index is 0.0776. The number of anilines is 1. The molecule has 3 aromatic heterocycles. The SMILES string of the molecule is CC1=NC(S(N)(=O)=O)=C[N+]1(C)c1cccc(Cn2nnc3c(-c4ccco4)nc(N)nc32)c1. The molecule has 1 atom stereocenters. The summed E-state index contributed by atoms with van der Waals surface area (Å²) >= 11 is 0. The highest BCUT2D eigenvalue weighted by molar-refractivity contribution is 7.93. The first-order valence-electron chi connectivity index (χ1n) is 9.83. The summed E-state index contributed by atoms with van der Waals surface area (Å²) in [6.07, 6.45) is 3.05. The lowest BCUT2D eigenvalue weighted by atomic mass is 10.1. The molecule has 0 radical (unpaired) electrons. The number of aromatic nitrogens is 5. The molecule has 0 amide bonds. The lowest BCUT2D eigenvalue weighted by molar-refractivity contribution is 0.580. The van der Waals surface area contributed by atoms with Gasteiger partial charge in [-0.15, -0.1) is 5.10 Å². The molecule has 1 aromatic carbocycles. The van der Waals surface area contributed by atoms with Crippen LogP contribution in [0, 0.1) is 0 Å². The van der Waals surface area contributed by atoms with Crippen molar-refractivity contribution in [1.29, 1.82) is 0 Å². The van der Waals surface area contributed by atoms with Crippen molar-refractivity contribution in [3.05, 3.63) is 59.5 Å². The fourth-order valence-corrected chi connectivity index (χ4v) is 4.30. The summed E-state index contributed by atoms with van der Waals surface area (Å²) in [4.78, 5) is 12.7. The van der Waals surface area contributed by atoms with Gasteiger partial charge in [-0.25, -0.2) is 27.7 Å². The van der Waals surface area contributed by atoms with Crippen molar-refractivity contribution in [2.45, 2.75) is 13.5 Å². The number of hydrogen-bond donors (Lipinski definition) is 2. The third kappa shape index (κ3) is 3.57. The number of rotatable bonds is 5. The Balaban J connectivity index is 1.53. The number of amidine groups is 1. The molecule has 0 bridgehead atoms. The summed E-state index contributed by atoms with van der Waals surface area (Å²) < 4.78 is 30.7. The van der Waals surface area contributed by atoms with Crippen molar-refractivity contribution in [2.24, 2.45) is 10.1 Å². The summed E-state index contributed by atoms with van der Waals surface area (Å²) in [5.74, 6) is 1.17. The fourth-order valence-electron chi connectivity index (χ4n) is 3.69. The van der Waals surface area contributed by atoms with Crippen molar-refractivity contribution in [3.8, 4) is 11.5 Å². The number of aliphatic imine (C=N–C) groups is 1. The van der Waals surface area contributed by atoms with Crippen LogP contribution in [0.15, 0.2) is 63.3 Å². The second-order valence-corrected chi connectivity index (χ2v) is 9.25. The highest BCUT2D eigenvalue weighted by Gasteiger charge is 2.37. The summed E-state index contributed by atoms with van der Waals surface area (Å²) in [5.41, 5.74) is 9.02. The van der Waals surface area contributed by atoms with Crippen LogP contribution in [0.2, 0.25) is 0 Å². The van der Waals surface area contributed by atoms with Gasteiger partial charge in [0, 0.05) is 19.1 Å². The largest absolute Gasteiger partial charge is 0.463 e. The molecule has 1 aliphatic heterocycles. The Kier molecular flexibility index (Phi) is 4.63. The van der Waals surface area contributed by atoms with Gasteiger partial charge < -0.3 is 10.2 Å². The molecular weight excluding hydrogens is 446 g/mol. The van der Waals surface area contributed by atoms with Gasteiger partial charge in [0.15, 0.2) is 16.9 Å². The number of nitrogen functional groups attached to an aromatic ring is 1. The smallest absolute Gasteiger partial charge is 0.261 e. The van der Waals surface area contributed by atoms with Gasteiger partial charge in [-0.05, 0) is 17.7 Å². The first-order chi connectivity index (χ1) is 15.6. The molecule has 13 heteroatoms. The van der Waals surface area contributed by atoms with E-state index in [9.17, 15) is 8.42 Å². The molecule has 1 aliphatic rings. The van der Waals surface area contributed by atoms with Gasteiger partial charge in [0.1, 0.15) is 17.6 Å². The van der Waals surface area contributed by atoms with Gasteiger partial charge in [0.05, 0.1) is 19.9 Å². The number of sulfonamides is 1. The molecule has 4 aromatic rings. The zero-order valence-electron chi connectivity index (χ0n) is 17.7. The average Bonchev–Trinajstić information content (AvgIpc) is 3.49. The standard InChI is InChI=1S/C20H20N9O3S/c1-12-23-16(33(22,30)31)11-29(12,2)14-6-3-5-13(9-14)10-28-19-18(26-27-28)17(24-20(21)25-19)15-7-4-8-32-15/h3-9,11H,10H2,1-2H3,(H2,21,24,25)(H2,22,30,31)/q+1. The molecular formula is C20H20N9O3S+. The summed E-state index contributed by atoms with van der Waals surface area (Å²) in [6, 6.07) is 11.1. The molecule has 0 spiro atoms. The van der Waals surface area contributed by atoms with Crippen LogP contribution < -0.4 is 15.4 Å². The van der Waals surface area contributed by atoms with Crippen LogP contribution >= 0.6 is 0 Å². The van der Waals surface area contributed by atoms with Crippen LogP contribution in [0.3, 0.4) is 0 Å². The van der Waals surface area contributed by atoms with Gasteiger partial charge in [-0.3, -0.25) is 0 Å². The monoisotopic (exact) mass is 466 g/mol. The third-order valence-corrected chi connectivity index (χ3v) is 6.30. The van der Waals surface area contributed by atoms with E-state index in [1.165, 1.54) is 12.5 Å². The van der Waals surface area contributed by atoms with Gasteiger partial charge in [-0.2, -0.15) is 9.98 Å².